The summed E-state index contributed by atoms with van der Waals surface area (Å²) in [5.41, 5.74) is 2.78. The lowest BCUT2D eigenvalue weighted by atomic mass is 10.1. The second-order valence-electron chi connectivity index (χ2n) is 7.52. The number of amides is 1. The molecule has 0 fully saturated rings. The lowest BCUT2D eigenvalue weighted by molar-refractivity contribution is 0.100. The van der Waals surface area contributed by atoms with Crippen molar-refractivity contribution in [1.82, 2.24) is 0 Å². The first-order chi connectivity index (χ1) is 15.6. The Kier molecular flexibility index (Phi) is 6.98. The van der Waals surface area contributed by atoms with Crippen molar-refractivity contribution in [3.63, 3.8) is 0 Å². The van der Waals surface area contributed by atoms with Crippen LogP contribution in [0.25, 0.3) is 0 Å². The van der Waals surface area contributed by atoms with Crippen molar-refractivity contribution >= 4 is 21.6 Å². The molecule has 1 amide bonds. The fraction of sp³-hybridized carbons (Fsp3) is 0.240. The molecule has 0 N–H and O–H groups in total. The van der Waals surface area contributed by atoms with Crippen LogP contribution in [0.1, 0.15) is 27.0 Å². The predicted molar refractivity (Wildman–Crippen MR) is 127 cm³/mol. The highest BCUT2D eigenvalue weighted by Crippen LogP contribution is 2.39. The van der Waals surface area contributed by atoms with E-state index in [1.165, 1.54) is 45.6 Å². The normalized spacial score (nSPS) is 11.1. The highest BCUT2D eigenvalue weighted by atomic mass is 32.2. The Balaban J connectivity index is 2.28. The zero-order chi connectivity index (χ0) is 24.3. The van der Waals surface area contributed by atoms with Crippen LogP contribution >= 0.6 is 0 Å². The molecule has 3 aromatic carbocycles. The molecule has 7 nitrogen and oxygen atoms in total. The molecule has 0 saturated heterocycles. The van der Waals surface area contributed by atoms with Crippen LogP contribution in [0.4, 0.5) is 5.69 Å². The molecule has 3 aromatic rings. The Hall–Kier alpha value is -3.52. The topological polar surface area (TPSA) is 82.1 Å². The second kappa shape index (κ2) is 9.54. The number of nitrogens with zero attached hydrogens (tertiary/aromatic N) is 1. The molecule has 0 heterocycles. The van der Waals surface area contributed by atoms with Crippen LogP contribution in [-0.4, -0.2) is 35.7 Å². The molecular weight excluding hydrogens is 442 g/mol. The Labute approximate surface area is 194 Å². The predicted octanol–water partition coefficient (Wildman–Crippen LogP) is 4.67. The average Bonchev–Trinajstić information content (AvgIpc) is 2.80. The molecule has 0 bridgehead atoms. The Morgan fingerprint density at radius 3 is 1.91 bits per heavy atom. The number of carbonyl (C=O) groups is 1. The Bertz CT molecular complexity index is 1260. The van der Waals surface area contributed by atoms with Gasteiger partial charge in [0.1, 0.15) is 0 Å². The van der Waals surface area contributed by atoms with E-state index in [1.54, 1.807) is 31.2 Å². The van der Waals surface area contributed by atoms with Crippen molar-refractivity contribution in [2.45, 2.75) is 25.7 Å². The van der Waals surface area contributed by atoms with Gasteiger partial charge in [0.25, 0.3) is 15.9 Å². The number of hydrogen-bond donors (Lipinski definition) is 0. The first-order valence-corrected chi connectivity index (χ1v) is 11.6. The van der Waals surface area contributed by atoms with Gasteiger partial charge in [-0.2, -0.15) is 4.31 Å². The molecule has 33 heavy (non-hydrogen) atoms. The molecule has 0 aliphatic rings. The van der Waals surface area contributed by atoms with Gasteiger partial charge >= 0.3 is 0 Å². The van der Waals surface area contributed by atoms with E-state index in [0.717, 1.165) is 15.4 Å². The van der Waals surface area contributed by atoms with E-state index >= 15 is 0 Å². The first-order valence-electron chi connectivity index (χ1n) is 10.2. The number of rotatable bonds is 7. The molecule has 0 aliphatic heterocycles. The molecule has 0 aromatic heterocycles. The third-order valence-corrected chi connectivity index (χ3v) is 7.16. The van der Waals surface area contributed by atoms with Crippen molar-refractivity contribution < 1.29 is 27.4 Å². The van der Waals surface area contributed by atoms with Crippen LogP contribution in [0.2, 0.25) is 0 Å². The largest absolute Gasteiger partial charge is 0.493 e. The third kappa shape index (κ3) is 4.52. The Morgan fingerprint density at radius 2 is 1.39 bits per heavy atom. The summed E-state index contributed by atoms with van der Waals surface area (Å²) in [6, 6.07) is 14.4. The zero-order valence-electron chi connectivity index (χ0n) is 19.5. The van der Waals surface area contributed by atoms with Crippen LogP contribution in [-0.2, 0) is 10.0 Å². The lowest BCUT2D eigenvalue weighted by Gasteiger charge is -2.25. The van der Waals surface area contributed by atoms with Gasteiger partial charge in [-0.15, -0.1) is 0 Å². The summed E-state index contributed by atoms with van der Waals surface area (Å²) in [5.74, 6) is 0.0439. The molecule has 0 aliphatic carbocycles. The van der Waals surface area contributed by atoms with Crippen LogP contribution in [0.3, 0.4) is 0 Å². The third-order valence-electron chi connectivity index (χ3n) is 5.45. The van der Waals surface area contributed by atoms with E-state index in [4.69, 9.17) is 14.2 Å². The van der Waals surface area contributed by atoms with Crippen molar-refractivity contribution in [2.24, 2.45) is 0 Å². The van der Waals surface area contributed by atoms with Crippen LogP contribution in [0, 0.1) is 20.8 Å². The van der Waals surface area contributed by atoms with Crippen LogP contribution < -0.4 is 18.5 Å². The van der Waals surface area contributed by atoms with Crippen LogP contribution in [0.5, 0.6) is 17.2 Å². The van der Waals surface area contributed by atoms with Crippen molar-refractivity contribution in [3.8, 4) is 17.2 Å². The number of ether oxygens (including phenoxy) is 3. The van der Waals surface area contributed by atoms with Gasteiger partial charge in [-0.1, -0.05) is 29.8 Å². The van der Waals surface area contributed by atoms with Gasteiger partial charge < -0.3 is 14.2 Å². The monoisotopic (exact) mass is 469 g/mol. The summed E-state index contributed by atoms with van der Waals surface area (Å²) < 4.78 is 44.4. The van der Waals surface area contributed by atoms with Crippen molar-refractivity contribution in [1.29, 1.82) is 0 Å². The van der Waals surface area contributed by atoms with Gasteiger partial charge in [0, 0.05) is 5.56 Å². The second-order valence-corrected chi connectivity index (χ2v) is 9.31. The molecule has 174 valence electrons. The molecule has 0 atom stereocenters. The highest BCUT2D eigenvalue weighted by Gasteiger charge is 2.34. The van der Waals surface area contributed by atoms with Crippen LogP contribution in [0.15, 0.2) is 59.5 Å². The fourth-order valence-corrected chi connectivity index (χ4v) is 4.91. The van der Waals surface area contributed by atoms with Gasteiger partial charge in [-0.05, 0) is 62.2 Å². The number of benzene rings is 3. The summed E-state index contributed by atoms with van der Waals surface area (Å²) in [4.78, 5) is 13.8. The SMILES string of the molecule is COc1cc(C(=O)N(c2cccc(C)c2C)S(=O)(=O)c2ccc(C)cc2)cc(OC)c1OC. The van der Waals surface area contributed by atoms with Gasteiger partial charge in [0.05, 0.1) is 31.9 Å². The van der Waals surface area contributed by atoms with E-state index in [1.807, 2.05) is 19.9 Å². The van der Waals surface area contributed by atoms with Gasteiger partial charge in [0.15, 0.2) is 11.5 Å². The first kappa shape index (κ1) is 24.1. The summed E-state index contributed by atoms with van der Waals surface area (Å²) in [6.45, 7) is 5.50. The smallest absolute Gasteiger partial charge is 0.272 e. The highest BCUT2D eigenvalue weighted by molar-refractivity contribution is 7.93. The molecule has 0 unspecified atom stereocenters. The van der Waals surface area contributed by atoms with Crippen molar-refractivity contribution in [3.05, 3.63) is 76.9 Å². The molecular formula is C25H27NO6S. The quantitative estimate of drug-likeness (QED) is 0.500. The lowest BCUT2D eigenvalue weighted by Crippen LogP contribution is -2.37. The fourth-order valence-electron chi connectivity index (χ4n) is 3.44. The van der Waals surface area contributed by atoms with E-state index in [0.29, 0.717) is 11.3 Å². The number of carbonyl (C=O) groups excluding carboxylic acids is 1. The number of methoxy groups -OCH3 is 3. The maximum Gasteiger partial charge on any atom is 0.272 e. The maximum atomic E-state index is 13.8. The minimum atomic E-state index is -4.24. The average molecular weight is 470 g/mol. The summed E-state index contributed by atoms with van der Waals surface area (Å²) in [7, 11) is 0.0644. The summed E-state index contributed by atoms with van der Waals surface area (Å²) in [6.07, 6.45) is 0. The Morgan fingerprint density at radius 1 is 0.818 bits per heavy atom. The minimum absolute atomic E-state index is 0.00907. The van der Waals surface area contributed by atoms with E-state index < -0.39 is 15.9 Å². The summed E-state index contributed by atoms with van der Waals surface area (Å²) in [5, 5.41) is 0. The van der Waals surface area contributed by atoms with Gasteiger partial charge in [-0.3, -0.25) is 4.79 Å². The van der Waals surface area contributed by atoms with E-state index in [9.17, 15) is 13.2 Å². The number of anilines is 1. The molecule has 0 spiro atoms. The van der Waals surface area contributed by atoms with E-state index in [2.05, 4.69) is 0 Å². The van der Waals surface area contributed by atoms with E-state index in [-0.39, 0.29) is 27.6 Å². The van der Waals surface area contributed by atoms with Gasteiger partial charge in [0.2, 0.25) is 5.75 Å². The standard InChI is InChI=1S/C25H27NO6S/c1-16-10-12-20(13-11-16)33(28,29)26(21-9-7-8-17(2)18(21)3)25(27)19-14-22(30-4)24(32-6)23(15-19)31-5/h7-15H,1-6H3. The summed E-state index contributed by atoms with van der Waals surface area (Å²) >= 11 is 0. The number of sulfonamides is 1. The minimum Gasteiger partial charge on any atom is -0.493 e. The molecule has 0 saturated carbocycles. The molecule has 3 rings (SSSR count). The van der Waals surface area contributed by atoms with Crippen molar-refractivity contribution in [2.75, 3.05) is 25.6 Å². The number of hydrogen-bond acceptors (Lipinski definition) is 6. The number of aryl methyl sites for hydroxylation is 2. The maximum absolute atomic E-state index is 13.8. The van der Waals surface area contributed by atoms with Gasteiger partial charge in [-0.25, -0.2) is 8.42 Å². The molecule has 0 radical (unpaired) electrons. The molecule has 8 heteroatoms. The zero-order valence-corrected chi connectivity index (χ0v) is 20.3.